The van der Waals surface area contributed by atoms with E-state index in [1.54, 1.807) is 0 Å². The number of benzene rings is 1. The molecule has 1 aliphatic carbocycles. The van der Waals surface area contributed by atoms with E-state index in [0.29, 0.717) is 24.2 Å². The monoisotopic (exact) mass is 438 g/mol. The molecule has 3 aliphatic rings. The van der Waals surface area contributed by atoms with E-state index in [0.717, 1.165) is 37.0 Å². The molecule has 2 aromatic rings. The van der Waals surface area contributed by atoms with Crippen molar-refractivity contribution in [2.24, 2.45) is 0 Å². The van der Waals surface area contributed by atoms with Gasteiger partial charge in [-0.05, 0) is 37.3 Å². The van der Waals surface area contributed by atoms with Gasteiger partial charge in [-0.25, -0.2) is 0 Å². The highest BCUT2D eigenvalue weighted by Crippen LogP contribution is 2.40. The van der Waals surface area contributed by atoms with Crippen LogP contribution in [0.15, 0.2) is 30.5 Å². The summed E-state index contributed by atoms with van der Waals surface area (Å²) in [6.07, 6.45) is 16.8. The molecule has 2 atom stereocenters. The molecule has 3 fully saturated rings. The number of carboxylic acid groups (broad SMARTS) is 1. The Kier molecular flexibility index (Phi) is 6.84. The predicted octanol–water partition coefficient (Wildman–Crippen LogP) is 5.57. The number of aromatic nitrogens is 1. The summed E-state index contributed by atoms with van der Waals surface area (Å²) in [5.41, 5.74) is 2.11. The molecule has 1 aromatic carbocycles. The summed E-state index contributed by atoms with van der Waals surface area (Å²) in [7, 11) is 0. The number of para-hydroxylation sites is 1. The number of rotatable bonds is 4. The SMILES string of the molecule is O=C(O)Cc1cn(C2CC3COCC(C2)N3C2CCCCCCCCC2)c2ccccc12. The second-order valence-electron chi connectivity index (χ2n) is 10.3. The number of fused-ring (bicyclic) bond motifs is 3. The van der Waals surface area contributed by atoms with E-state index < -0.39 is 5.97 Å². The van der Waals surface area contributed by atoms with Gasteiger partial charge in [-0.1, -0.05) is 63.1 Å². The van der Waals surface area contributed by atoms with Crippen molar-refractivity contribution in [2.45, 2.75) is 101 Å². The molecule has 0 radical (unpaired) electrons. The minimum atomic E-state index is -0.760. The lowest BCUT2D eigenvalue weighted by Gasteiger charge is -2.52. The fourth-order valence-electron chi connectivity index (χ4n) is 6.71. The van der Waals surface area contributed by atoms with Gasteiger partial charge in [0, 0.05) is 41.3 Å². The summed E-state index contributed by atoms with van der Waals surface area (Å²) < 4.78 is 8.45. The van der Waals surface area contributed by atoms with Crippen molar-refractivity contribution in [3.63, 3.8) is 0 Å². The summed E-state index contributed by atoms with van der Waals surface area (Å²) in [5, 5.41) is 10.5. The smallest absolute Gasteiger partial charge is 0.307 e. The number of hydrogen-bond acceptors (Lipinski definition) is 3. The normalized spacial score (nSPS) is 28.6. The van der Waals surface area contributed by atoms with Crippen LogP contribution in [0.4, 0.5) is 0 Å². The topological polar surface area (TPSA) is 54.7 Å². The Balaban J connectivity index is 1.38. The molecule has 174 valence electrons. The Bertz CT molecular complexity index is 899. The molecule has 1 saturated carbocycles. The third-order valence-corrected chi connectivity index (χ3v) is 8.11. The van der Waals surface area contributed by atoms with Gasteiger partial charge in [0.15, 0.2) is 0 Å². The fourth-order valence-corrected chi connectivity index (χ4v) is 6.71. The van der Waals surface area contributed by atoms with Crippen molar-refractivity contribution in [3.8, 4) is 0 Å². The maximum absolute atomic E-state index is 11.4. The maximum Gasteiger partial charge on any atom is 0.307 e. The van der Waals surface area contributed by atoms with Crippen LogP contribution in [0.3, 0.4) is 0 Å². The maximum atomic E-state index is 11.4. The summed E-state index contributed by atoms with van der Waals surface area (Å²) in [6, 6.07) is 10.4. The Morgan fingerprint density at radius 3 is 2.16 bits per heavy atom. The van der Waals surface area contributed by atoms with Gasteiger partial charge in [0.1, 0.15) is 0 Å². The number of ether oxygens (including phenoxy) is 1. The highest BCUT2D eigenvalue weighted by atomic mass is 16.5. The zero-order chi connectivity index (χ0) is 21.9. The van der Waals surface area contributed by atoms with Crippen molar-refractivity contribution in [1.29, 1.82) is 0 Å². The molecule has 5 heteroatoms. The molecule has 0 amide bonds. The Morgan fingerprint density at radius 2 is 1.50 bits per heavy atom. The van der Waals surface area contributed by atoms with Crippen LogP contribution in [0, 0.1) is 0 Å². The average molecular weight is 439 g/mol. The van der Waals surface area contributed by atoms with Gasteiger partial charge in [-0.2, -0.15) is 0 Å². The molecule has 0 spiro atoms. The van der Waals surface area contributed by atoms with E-state index in [4.69, 9.17) is 4.74 Å². The van der Waals surface area contributed by atoms with Gasteiger partial charge in [-0.3, -0.25) is 9.69 Å². The molecule has 2 saturated heterocycles. The number of nitrogens with zero attached hydrogens (tertiary/aromatic N) is 2. The first-order valence-electron chi connectivity index (χ1n) is 12.9. The fraction of sp³-hybridized carbons (Fsp3) is 0.667. The second-order valence-corrected chi connectivity index (χ2v) is 10.3. The van der Waals surface area contributed by atoms with E-state index in [-0.39, 0.29) is 6.42 Å². The molecule has 5 nitrogen and oxygen atoms in total. The summed E-state index contributed by atoms with van der Waals surface area (Å²) in [6.45, 7) is 1.68. The lowest BCUT2D eigenvalue weighted by atomic mass is 9.85. The number of carbonyl (C=O) groups is 1. The molecule has 2 unspecified atom stereocenters. The van der Waals surface area contributed by atoms with Crippen molar-refractivity contribution in [2.75, 3.05) is 13.2 Å². The first-order valence-corrected chi connectivity index (χ1v) is 12.9. The molecular formula is C27H38N2O3. The Morgan fingerprint density at radius 1 is 0.875 bits per heavy atom. The number of piperidine rings is 1. The van der Waals surface area contributed by atoms with Crippen molar-refractivity contribution < 1.29 is 14.6 Å². The Hall–Kier alpha value is -1.85. The van der Waals surface area contributed by atoms with Crippen LogP contribution >= 0.6 is 0 Å². The molecule has 5 rings (SSSR count). The minimum Gasteiger partial charge on any atom is -0.481 e. The summed E-state index contributed by atoms with van der Waals surface area (Å²) in [5.74, 6) is -0.760. The van der Waals surface area contributed by atoms with Crippen LogP contribution in [-0.2, 0) is 16.0 Å². The zero-order valence-corrected chi connectivity index (χ0v) is 19.3. The van der Waals surface area contributed by atoms with Crippen LogP contribution in [-0.4, -0.2) is 51.9 Å². The van der Waals surface area contributed by atoms with Crippen LogP contribution in [0.1, 0.15) is 82.2 Å². The van der Waals surface area contributed by atoms with E-state index in [9.17, 15) is 9.90 Å². The van der Waals surface area contributed by atoms with Gasteiger partial charge >= 0.3 is 5.97 Å². The predicted molar refractivity (Wildman–Crippen MR) is 127 cm³/mol. The molecule has 1 aromatic heterocycles. The minimum absolute atomic E-state index is 0.0877. The molecule has 32 heavy (non-hydrogen) atoms. The summed E-state index contributed by atoms with van der Waals surface area (Å²) >= 11 is 0. The second kappa shape index (κ2) is 9.96. The van der Waals surface area contributed by atoms with E-state index in [1.165, 1.54) is 63.3 Å². The number of carboxylic acids is 1. The third-order valence-electron chi connectivity index (χ3n) is 8.11. The number of aliphatic carboxylic acids is 1. The summed E-state index contributed by atoms with van der Waals surface area (Å²) in [4.78, 5) is 14.3. The molecular weight excluding hydrogens is 400 g/mol. The number of morpholine rings is 1. The van der Waals surface area contributed by atoms with E-state index in [2.05, 4.69) is 33.9 Å². The van der Waals surface area contributed by atoms with Gasteiger partial charge in [0.25, 0.3) is 0 Å². The largest absolute Gasteiger partial charge is 0.481 e. The molecule has 2 bridgehead atoms. The Labute approximate surface area is 191 Å². The highest BCUT2D eigenvalue weighted by Gasteiger charge is 2.42. The van der Waals surface area contributed by atoms with Crippen molar-refractivity contribution >= 4 is 16.9 Å². The van der Waals surface area contributed by atoms with Crippen LogP contribution in [0.5, 0.6) is 0 Å². The van der Waals surface area contributed by atoms with E-state index in [1.807, 2.05) is 6.07 Å². The molecule has 2 aliphatic heterocycles. The van der Waals surface area contributed by atoms with Crippen LogP contribution in [0.2, 0.25) is 0 Å². The standard InChI is InChI=1S/C27H38N2O3/c30-27(31)14-20-17-28(26-13-9-8-12-25(20)26)22-15-23-18-32-19-24(16-22)29(23)21-10-6-4-2-1-3-5-7-11-21/h8-9,12-13,17,21-24H,1-7,10-11,14-16,18-19H2,(H,30,31). The van der Waals surface area contributed by atoms with Crippen LogP contribution < -0.4 is 0 Å². The van der Waals surface area contributed by atoms with Crippen LogP contribution in [0.25, 0.3) is 10.9 Å². The first-order chi connectivity index (χ1) is 15.7. The van der Waals surface area contributed by atoms with Gasteiger partial charge in [-0.15, -0.1) is 0 Å². The lowest BCUT2D eigenvalue weighted by molar-refractivity contribution is -0.136. The zero-order valence-electron chi connectivity index (χ0n) is 19.3. The van der Waals surface area contributed by atoms with Gasteiger partial charge < -0.3 is 14.4 Å². The molecule has 1 N–H and O–H groups in total. The van der Waals surface area contributed by atoms with E-state index >= 15 is 0 Å². The number of hydrogen-bond donors (Lipinski definition) is 1. The van der Waals surface area contributed by atoms with Gasteiger partial charge in [0.2, 0.25) is 0 Å². The highest BCUT2D eigenvalue weighted by molar-refractivity contribution is 5.87. The average Bonchev–Trinajstić information content (AvgIpc) is 3.14. The lowest BCUT2D eigenvalue weighted by Crippen LogP contribution is -2.60. The first kappa shape index (κ1) is 22.0. The van der Waals surface area contributed by atoms with Crippen molar-refractivity contribution in [3.05, 3.63) is 36.0 Å². The quantitative estimate of drug-likeness (QED) is 0.678. The molecule has 3 heterocycles. The van der Waals surface area contributed by atoms with Gasteiger partial charge in [0.05, 0.1) is 19.6 Å². The van der Waals surface area contributed by atoms with Crippen molar-refractivity contribution in [1.82, 2.24) is 9.47 Å². The third kappa shape index (κ3) is 4.60.